The van der Waals surface area contributed by atoms with Crippen LogP contribution in [-0.2, 0) is 9.59 Å². The van der Waals surface area contributed by atoms with E-state index in [1.54, 1.807) is 13.1 Å². The van der Waals surface area contributed by atoms with Crippen molar-refractivity contribution in [2.24, 2.45) is 5.73 Å². The van der Waals surface area contributed by atoms with Crippen LogP contribution in [0.4, 0.5) is 11.5 Å². The summed E-state index contributed by atoms with van der Waals surface area (Å²) in [5, 5.41) is 2.74. The highest BCUT2D eigenvalue weighted by Gasteiger charge is 2.19. The molecule has 2 amide bonds. The van der Waals surface area contributed by atoms with Crippen LogP contribution in [0.5, 0.6) is 0 Å². The highest BCUT2D eigenvalue weighted by Crippen LogP contribution is 2.16. The molecule has 0 atom stereocenters. The maximum Gasteiger partial charge on any atom is 0.225 e. The molecular weight excluding hydrogens is 270 g/mol. The fourth-order valence-electron chi connectivity index (χ4n) is 2.25. The van der Waals surface area contributed by atoms with Crippen LogP contribution >= 0.6 is 0 Å². The first kappa shape index (κ1) is 15.2. The zero-order valence-electron chi connectivity index (χ0n) is 12.2. The number of hydrogen-bond donors (Lipinski definition) is 2. The molecule has 2 rings (SSSR count). The van der Waals surface area contributed by atoms with E-state index < -0.39 is 0 Å². The van der Waals surface area contributed by atoms with Crippen molar-refractivity contribution in [2.75, 3.05) is 42.9 Å². The Morgan fingerprint density at radius 1 is 1.29 bits per heavy atom. The van der Waals surface area contributed by atoms with Gasteiger partial charge in [0.15, 0.2) is 0 Å². The van der Waals surface area contributed by atoms with Crippen LogP contribution in [0.2, 0.25) is 0 Å². The monoisotopic (exact) mass is 291 g/mol. The molecular formula is C14H21N5O2. The molecule has 1 aromatic heterocycles. The van der Waals surface area contributed by atoms with Gasteiger partial charge in [0.1, 0.15) is 5.82 Å². The van der Waals surface area contributed by atoms with Gasteiger partial charge in [0.2, 0.25) is 11.8 Å². The Balaban J connectivity index is 1.91. The second kappa shape index (κ2) is 7.03. The predicted octanol–water partition coefficient (Wildman–Crippen LogP) is 0.0374. The van der Waals surface area contributed by atoms with Gasteiger partial charge in [0, 0.05) is 46.1 Å². The number of nitrogens with one attached hydrogen (secondary N) is 1. The van der Waals surface area contributed by atoms with Crippen molar-refractivity contribution in [3.8, 4) is 0 Å². The van der Waals surface area contributed by atoms with Crippen molar-refractivity contribution in [1.29, 1.82) is 0 Å². The van der Waals surface area contributed by atoms with Crippen LogP contribution in [0.15, 0.2) is 18.3 Å². The van der Waals surface area contributed by atoms with Crippen LogP contribution in [0.1, 0.15) is 13.3 Å². The molecule has 3 N–H and O–H groups in total. The van der Waals surface area contributed by atoms with Gasteiger partial charge in [-0.1, -0.05) is 0 Å². The van der Waals surface area contributed by atoms with Gasteiger partial charge in [-0.15, -0.1) is 0 Å². The van der Waals surface area contributed by atoms with E-state index in [4.69, 9.17) is 5.73 Å². The lowest BCUT2D eigenvalue weighted by Crippen LogP contribution is -2.48. The van der Waals surface area contributed by atoms with Crippen LogP contribution in [0.3, 0.4) is 0 Å². The van der Waals surface area contributed by atoms with Crippen LogP contribution in [0, 0.1) is 0 Å². The molecule has 2 heterocycles. The molecule has 1 aromatic rings. The van der Waals surface area contributed by atoms with E-state index in [1.807, 2.05) is 17.0 Å². The fourth-order valence-corrected chi connectivity index (χ4v) is 2.25. The zero-order valence-corrected chi connectivity index (χ0v) is 12.2. The Kier molecular flexibility index (Phi) is 5.10. The SMILES string of the molecule is CC(=O)N1CCN(c2ccc(NC(=O)CCN)cn2)CC1. The lowest BCUT2D eigenvalue weighted by Gasteiger charge is -2.34. The molecule has 0 aliphatic carbocycles. The number of rotatable bonds is 4. The second-order valence-corrected chi connectivity index (χ2v) is 4.99. The van der Waals surface area contributed by atoms with Crippen molar-refractivity contribution >= 4 is 23.3 Å². The van der Waals surface area contributed by atoms with Crippen molar-refractivity contribution < 1.29 is 9.59 Å². The average Bonchev–Trinajstić information content (AvgIpc) is 2.48. The molecule has 0 unspecified atom stereocenters. The number of hydrogen-bond acceptors (Lipinski definition) is 5. The Labute approximate surface area is 124 Å². The van der Waals surface area contributed by atoms with Gasteiger partial charge in [-0.3, -0.25) is 9.59 Å². The normalized spacial score (nSPS) is 15.0. The molecule has 0 aromatic carbocycles. The van der Waals surface area contributed by atoms with E-state index in [0.717, 1.165) is 18.9 Å². The smallest absolute Gasteiger partial charge is 0.225 e. The molecule has 0 spiro atoms. The minimum atomic E-state index is -0.109. The summed E-state index contributed by atoms with van der Waals surface area (Å²) in [4.78, 5) is 31.0. The summed E-state index contributed by atoms with van der Waals surface area (Å²) >= 11 is 0. The quantitative estimate of drug-likeness (QED) is 0.817. The van der Waals surface area contributed by atoms with Crippen LogP contribution in [-0.4, -0.2) is 54.4 Å². The number of nitrogens with two attached hydrogens (primary N) is 1. The summed E-state index contributed by atoms with van der Waals surface area (Å²) in [5.41, 5.74) is 5.99. The third-order valence-corrected chi connectivity index (χ3v) is 3.45. The van der Waals surface area contributed by atoms with Gasteiger partial charge in [-0.2, -0.15) is 0 Å². The number of carbonyl (C=O) groups is 2. The Morgan fingerprint density at radius 3 is 2.52 bits per heavy atom. The molecule has 114 valence electrons. The summed E-state index contributed by atoms with van der Waals surface area (Å²) in [5.74, 6) is 0.859. The number of amides is 2. The highest BCUT2D eigenvalue weighted by atomic mass is 16.2. The maximum atomic E-state index is 11.4. The lowest BCUT2D eigenvalue weighted by molar-refractivity contribution is -0.129. The molecule has 1 aliphatic rings. The molecule has 1 aliphatic heterocycles. The van der Waals surface area contributed by atoms with E-state index in [2.05, 4.69) is 15.2 Å². The Morgan fingerprint density at radius 2 is 2.00 bits per heavy atom. The van der Waals surface area contributed by atoms with Crippen LogP contribution < -0.4 is 16.0 Å². The number of pyridine rings is 1. The van der Waals surface area contributed by atoms with E-state index in [9.17, 15) is 9.59 Å². The number of aromatic nitrogens is 1. The summed E-state index contributed by atoms with van der Waals surface area (Å²) in [6.45, 7) is 4.89. The third kappa shape index (κ3) is 4.16. The highest BCUT2D eigenvalue weighted by molar-refractivity contribution is 5.90. The van der Waals surface area contributed by atoms with Gasteiger partial charge in [-0.05, 0) is 12.1 Å². The molecule has 21 heavy (non-hydrogen) atoms. The lowest BCUT2D eigenvalue weighted by atomic mass is 10.3. The predicted molar refractivity (Wildman–Crippen MR) is 81.0 cm³/mol. The van der Waals surface area contributed by atoms with Gasteiger partial charge in [0.05, 0.1) is 11.9 Å². The fraction of sp³-hybridized carbons (Fsp3) is 0.500. The standard InChI is InChI=1S/C14H21N5O2/c1-11(20)18-6-8-19(9-7-18)13-3-2-12(10-16-13)17-14(21)4-5-15/h2-3,10H,4-9,15H2,1H3,(H,17,21). The minimum Gasteiger partial charge on any atom is -0.353 e. The van der Waals surface area contributed by atoms with E-state index in [-0.39, 0.29) is 11.8 Å². The summed E-state index contributed by atoms with van der Waals surface area (Å²) < 4.78 is 0. The van der Waals surface area contributed by atoms with Gasteiger partial charge in [0.25, 0.3) is 0 Å². The molecule has 0 radical (unpaired) electrons. The molecule has 7 nitrogen and oxygen atoms in total. The van der Waals surface area contributed by atoms with Crippen molar-refractivity contribution in [1.82, 2.24) is 9.88 Å². The number of anilines is 2. The van der Waals surface area contributed by atoms with Gasteiger partial charge >= 0.3 is 0 Å². The first-order chi connectivity index (χ1) is 10.1. The van der Waals surface area contributed by atoms with Gasteiger partial charge < -0.3 is 20.9 Å². The van der Waals surface area contributed by atoms with E-state index in [1.165, 1.54) is 0 Å². The topological polar surface area (TPSA) is 91.6 Å². The number of piperazine rings is 1. The molecule has 1 fully saturated rings. The minimum absolute atomic E-state index is 0.109. The summed E-state index contributed by atoms with van der Waals surface area (Å²) in [7, 11) is 0. The first-order valence-corrected chi connectivity index (χ1v) is 7.06. The average molecular weight is 291 g/mol. The molecule has 0 saturated carbocycles. The Bertz CT molecular complexity index is 495. The Hall–Kier alpha value is -2.15. The second-order valence-electron chi connectivity index (χ2n) is 4.99. The maximum absolute atomic E-state index is 11.4. The summed E-state index contributed by atoms with van der Waals surface area (Å²) in [6.07, 6.45) is 1.94. The van der Waals surface area contributed by atoms with Crippen molar-refractivity contribution in [3.05, 3.63) is 18.3 Å². The number of nitrogens with zero attached hydrogens (tertiary/aromatic N) is 3. The van der Waals surface area contributed by atoms with Crippen LogP contribution in [0.25, 0.3) is 0 Å². The zero-order chi connectivity index (χ0) is 15.2. The molecule has 1 saturated heterocycles. The largest absolute Gasteiger partial charge is 0.353 e. The third-order valence-electron chi connectivity index (χ3n) is 3.45. The van der Waals surface area contributed by atoms with Crippen molar-refractivity contribution in [3.63, 3.8) is 0 Å². The van der Waals surface area contributed by atoms with Gasteiger partial charge in [-0.25, -0.2) is 4.98 Å². The van der Waals surface area contributed by atoms with E-state index in [0.29, 0.717) is 31.7 Å². The summed E-state index contributed by atoms with van der Waals surface area (Å²) in [6, 6.07) is 3.70. The van der Waals surface area contributed by atoms with E-state index >= 15 is 0 Å². The number of carbonyl (C=O) groups excluding carboxylic acids is 2. The molecule has 7 heteroatoms. The first-order valence-electron chi connectivity index (χ1n) is 7.06. The van der Waals surface area contributed by atoms with Crippen molar-refractivity contribution in [2.45, 2.75) is 13.3 Å². The molecule has 0 bridgehead atoms.